The fourth-order valence-corrected chi connectivity index (χ4v) is 3.08. The van der Waals surface area contributed by atoms with Crippen LogP contribution in [-0.4, -0.2) is 50.2 Å². The summed E-state index contributed by atoms with van der Waals surface area (Å²) in [5, 5.41) is 11.7. The van der Waals surface area contributed by atoms with Crippen molar-refractivity contribution in [2.75, 3.05) is 27.1 Å². The molecule has 0 aliphatic rings. The van der Waals surface area contributed by atoms with E-state index in [0.717, 1.165) is 16.9 Å². The maximum Gasteiger partial charge on any atom is 0.251 e. The molecule has 0 spiro atoms. The summed E-state index contributed by atoms with van der Waals surface area (Å²) < 4.78 is 15.7. The van der Waals surface area contributed by atoms with Gasteiger partial charge >= 0.3 is 0 Å². The van der Waals surface area contributed by atoms with E-state index in [4.69, 9.17) is 19.4 Å². The van der Waals surface area contributed by atoms with Crippen molar-refractivity contribution in [2.45, 2.75) is 26.3 Å². The number of nitrogens with one attached hydrogen (secondary N) is 2. The van der Waals surface area contributed by atoms with Gasteiger partial charge in [-0.2, -0.15) is 0 Å². The number of rotatable bonds is 12. The highest BCUT2D eigenvalue weighted by molar-refractivity contribution is 5.95. The van der Waals surface area contributed by atoms with Crippen LogP contribution in [0.15, 0.2) is 48.5 Å². The Balaban J connectivity index is 2.04. The van der Waals surface area contributed by atoms with E-state index in [1.165, 1.54) is 7.11 Å². The summed E-state index contributed by atoms with van der Waals surface area (Å²) in [5.41, 5.74) is 4.12. The zero-order valence-electron chi connectivity index (χ0n) is 18.1. The molecule has 8 heteroatoms. The number of carbonyl (C=O) groups is 2. The Kier molecular flexibility index (Phi) is 9.96. The standard InChI is InChI=1S/C23H30N2O6/c1-4-31-21-11-9-18(10-12-21)17-5-7-19(8-6-17)23(27)24-20(14-30-15-29-3)13-16(2)22(26)25-28/h5-12,16,20,28H,4,13-15H2,1-3H3,(H,24,27)(H,25,26)/t16-,20-/m0/s1. The normalized spacial score (nSPS) is 12.6. The Morgan fingerprint density at radius 1 is 1.03 bits per heavy atom. The van der Waals surface area contributed by atoms with Crippen molar-refractivity contribution >= 4 is 11.8 Å². The van der Waals surface area contributed by atoms with Gasteiger partial charge in [-0.1, -0.05) is 31.2 Å². The van der Waals surface area contributed by atoms with Crippen LogP contribution in [0.3, 0.4) is 0 Å². The van der Waals surface area contributed by atoms with E-state index in [9.17, 15) is 9.59 Å². The highest BCUT2D eigenvalue weighted by Crippen LogP contribution is 2.23. The zero-order valence-corrected chi connectivity index (χ0v) is 18.1. The topological polar surface area (TPSA) is 106 Å². The largest absolute Gasteiger partial charge is 0.494 e. The first-order valence-corrected chi connectivity index (χ1v) is 10.1. The van der Waals surface area contributed by atoms with Gasteiger partial charge in [0.25, 0.3) is 5.91 Å². The number of hydrogen-bond acceptors (Lipinski definition) is 6. The van der Waals surface area contributed by atoms with Gasteiger partial charge in [0, 0.05) is 18.6 Å². The van der Waals surface area contributed by atoms with Crippen LogP contribution in [0.5, 0.6) is 5.75 Å². The van der Waals surface area contributed by atoms with Gasteiger partial charge in [0.2, 0.25) is 5.91 Å². The molecule has 31 heavy (non-hydrogen) atoms. The van der Waals surface area contributed by atoms with Crippen LogP contribution >= 0.6 is 0 Å². The maximum absolute atomic E-state index is 12.7. The Bertz CT molecular complexity index is 823. The average Bonchev–Trinajstić information content (AvgIpc) is 2.79. The van der Waals surface area contributed by atoms with Crippen molar-refractivity contribution in [3.63, 3.8) is 0 Å². The number of amides is 2. The van der Waals surface area contributed by atoms with Crippen LogP contribution in [0, 0.1) is 5.92 Å². The van der Waals surface area contributed by atoms with Crippen molar-refractivity contribution < 1.29 is 29.0 Å². The van der Waals surface area contributed by atoms with Gasteiger partial charge in [0.1, 0.15) is 12.5 Å². The molecule has 0 unspecified atom stereocenters. The molecule has 3 N–H and O–H groups in total. The molecule has 168 valence electrons. The first-order chi connectivity index (χ1) is 15.0. The molecule has 0 saturated carbocycles. The number of ether oxygens (including phenoxy) is 3. The molecule has 2 aromatic carbocycles. The molecule has 2 rings (SSSR count). The maximum atomic E-state index is 12.7. The van der Waals surface area contributed by atoms with Gasteiger partial charge in [-0.05, 0) is 48.7 Å². The minimum atomic E-state index is -0.523. The Labute approximate surface area is 182 Å². The van der Waals surface area contributed by atoms with Crippen molar-refractivity contribution in [3.8, 4) is 16.9 Å². The fourth-order valence-electron chi connectivity index (χ4n) is 3.08. The Morgan fingerprint density at radius 2 is 1.65 bits per heavy atom. The molecular formula is C23H30N2O6. The van der Waals surface area contributed by atoms with Crippen LogP contribution in [0.2, 0.25) is 0 Å². The molecule has 2 aromatic rings. The molecule has 0 saturated heterocycles. The lowest BCUT2D eigenvalue weighted by molar-refractivity contribution is -0.133. The lowest BCUT2D eigenvalue weighted by atomic mass is 10.0. The number of methoxy groups -OCH3 is 1. The molecule has 0 radical (unpaired) electrons. The average molecular weight is 431 g/mol. The molecule has 0 aliphatic heterocycles. The quantitative estimate of drug-likeness (QED) is 0.207. The van der Waals surface area contributed by atoms with E-state index in [1.54, 1.807) is 24.5 Å². The van der Waals surface area contributed by atoms with E-state index in [1.807, 2.05) is 43.3 Å². The van der Waals surface area contributed by atoms with E-state index in [0.29, 0.717) is 18.6 Å². The molecule has 0 heterocycles. The van der Waals surface area contributed by atoms with Crippen LogP contribution < -0.4 is 15.5 Å². The van der Waals surface area contributed by atoms with Crippen molar-refractivity contribution in [1.82, 2.24) is 10.8 Å². The van der Waals surface area contributed by atoms with Crippen LogP contribution in [0.4, 0.5) is 0 Å². The molecule has 0 aromatic heterocycles. The lowest BCUT2D eigenvalue weighted by Gasteiger charge is -2.21. The van der Waals surface area contributed by atoms with Crippen molar-refractivity contribution in [2.24, 2.45) is 5.92 Å². The third-order valence-corrected chi connectivity index (χ3v) is 4.70. The summed E-state index contributed by atoms with van der Waals surface area (Å²) in [4.78, 5) is 24.3. The lowest BCUT2D eigenvalue weighted by Crippen LogP contribution is -2.41. The summed E-state index contributed by atoms with van der Waals surface area (Å²) in [6.07, 6.45) is 0.298. The van der Waals surface area contributed by atoms with E-state index in [-0.39, 0.29) is 19.3 Å². The smallest absolute Gasteiger partial charge is 0.251 e. The molecule has 0 fully saturated rings. The Morgan fingerprint density at radius 3 is 2.19 bits per heavy atom. The molecule has 2 atom stereocenters. The van der Waals surface area contributed by atoms with Gasteiger partial charge < -0.3 is 19.5 Å². The summed E-state index contributed by atoms with van der Waals surface area (Å²) in [7, 11) is 1.50. The minimum Gasteiger partial charge on any atom is -0.494 e. The van der Waals surface area contributed by atoms with Crippen LogP contribution in [0.1, 0.15) is 30.6 Å². The summed E-state index contributed by atoms with van der Waals surface area (Å²) in [6, 6.07) is 14.6. The van der Waals surface area contributed by atoms with Gasteiger partial charge in [-0.3, -0.25) is 14.8 Å². The highest BCUT2D eigenvalue weighted by atomic mass is 16.7. The first kappa shape index (κ1) is 24.3. The monoisotopic (exact) mass is 430 g/mol. The van der Waals surface area contributed by atoms with Crippen molar-refractivity contribution in [1.29, 1.82) is 0 Å². The Hall–Kier alpha value is -2.94. The van der Waals surface area contributed by atoms with Crippen molar-refractivity contribution in [3.05, 3.63) is 54.1 Å². The second-order valence-electron chi connectivity index (χ2n) is 7.10. The predicted molar refractivity (Wildman–Crippen MR) is 116 cm³/mol. The third kappa shape index (κ3) is 7.67. The van der Waals surface area contributed by atoms with Crippen LogP contribution in [0.25, 0.3) is 11.1 Å². The molecule has 2 amide bonds. The zero-order chi connectivity index (χ0) is 22.6. The summed E-state index contributed by atoms with van der Waals surface area (Å²) >= 11 is 0. The molecule has 0 bridgehead atoms. The fraction of sp³-hybridized carbons (Fsp3) is 0.391. The SMILES string of the molecule is CCOc1ccc(-c2ccc(C(=O)N[C@H](COCOC)C[C@H](C)C(=O)NO)cc2)cc1. The van der Waals surface area contributed by atoms with Gasteiger partial charge in [-0.25, -0.2) is 5.48 Å². The molecular weight excluding hydrogens is 400 g/mol. The summed E-state index contributed by atoms with van der Waals surface area (Å²) in [5.74, 6) is -0.497. The second-order valence-corrected chi connectivity index (χ2v) is 7.10. The first-order valence-electron chi connectivity index (χ1n) is 10.1. The summed E-state index contributed by atoms with van der Waals surface area (Å²) in [6.45, 7) is 4.46. The number of hydrogen-bond donors (Lipinski definition) is 3. The highest BCUT2D eigenvalue weighted by Gasteiger charge is 2.21. The van der Waals surface area contributed by atoms with E-state index < -0.39 is 17.9 Å². The molecule has 0 aliphatic carbocycles. The van der Waals surface area contributed by atoms with Gasteiger partial charge in [0.15, 0.2) is 0 Å². The minimum absolute atomic E-state index is 0.0731. The number of hydroxylamine groups is 1. The second kappa shape index (κ2) is 12.7. The van der Waals surface area contributed by atoms with Crippen LogP contribution in [-0.2, 0) is 14.3 Å². The number of carbonyl (C=O) groups excluding carboxylic acids is 2. The van der Waals surface area contributed by atoms with Gasteiger partial charge in [0.05, 0.1) is 19.3 Å². The third-order valence-electron chi connectivity index (χ3n) is 4.70. The van der Waals surface area contributed by atoms with Gasteiger partial charge in [-0.15, -0.1) is 0 Å². The van der Waals surface area contributed by atoms with E-state index in [2.05, 4.69) is 5.32 Å². The van der Waals surface area contributed by atoms with E-state index >= 15 is 0 Å². The molecule has 8 nitrogen and oxygen atoms in total. The number of benzene rings is 2. The predicted octanol–water partition coefficient (Wildman–Crippen LogP) is 3.00.